The van der Waals surface area contributed by atoms with Gasteiger partial charge in [-0.2, -0.15) is 0 Å². The molecule has 4 nitrogen and oxygen atoms in total. The third kappa shape index (κ3) is 1.07. The van der Waals surface area contributed by atoms with Crippen molar-refractivity contribution in [2.45, 2.75) is 0 Å². The van der Waals surface area contributed by atoms with E-state index in [2.05, 4.69) is 5.10 Å². The van der Waals surface area contributed by atoms with Crippen LogP contribution in [0.2, 0.25) is 0 Å². The largest absolute Gasteiger partial charge is 0.397 e. The molecule has 1 aromatic rings. The van der Waals surface area contributed by atoms with Crippen LogP contribution in [0.1, 0.15) is 0 Å². The van der Waals surface area contributed by atoms with E-state index in [-0.39, 0.29) is 0 Å². The fraction of sp³-hybridized carbons (Fsp3) is 0.200. The van der Waals surface area contributed by atoms with Crippen LogP contribution < -0.4 is 16.1 Å². The predicted molar refractivity (Wildman–Crippen MR) is 34.2 cm³/mol. The zero-order chi connectivity index (χ0) is 6.85. The minimum atomic E-state index is 0.565. The molecule has 9 heavy (non-hydrogen) atoms. The molecule has 1 rings (SSSR count). The van der Waals surface area contributed by atoms with Gasteiger partial charge < -0.3 is 5.73 Å². The molecule has 1 heterocycles. The zero-order valence-electron chi connectivity index (χ0n) is 5.20. The Morgan fingerprint density at radius 3 is 2.67 bits per heavy atom. The maximum absolute atomic E-state index is 5.44. The van der Waals surface area contributed by atoms with Gasteiger partial charge in [0.2, 0.25) is 0 Å². The first-order valence-electron chi connectivity index (χ1n) is 2.57. The van der Waals surface area contributed by atoms with Crippen LogP contribution in [-0.4, -0.2) is 5.10 Å². The minimum Gasteiger partial charge on any atom is -0.397 e. The van der Waals surface area contributed by atoms with E-state index in [0.29, 0.717) is 11.5 Å². The summed E-state index contributed by atoms with van der Waals surface area (Å²) in [5.41, 5.74) is 11.4. The summed E-state index contributed by atoms with van der Waals surface area (Å²) in [5.74, 6) is 0.565. The molecule has 48 valence electrons. The molecule has 0 saturated heterocycles. The highest BCUT2D eigenvalue weighted by atomic mass is 15.3. The van der Waals surface area contributed by atoms with E-state index in [1.807, 2.05) is 0 Å². The molecule has 0 aliphatic rings. The molecule has 0 aliphatic carbocycles. The molecule has 0 aromatic carbocycles. The Balaban J connectivity index is 3.17. The Labute approximate surface area is 53.1 Å². The molecule has 0 fully saturated rings. The van der Waals surface area contributed by atoms with Gasteiger partial charge in [-0.15, -0.1) is 4.68 Å². The molecular weight excluding hydrogens is 116 g/mol. The van der Waals surface area contributed by atoms with Crippen molar-refractivity contribution in [3.63, 3.8) is 0 Å². The van der Waals surface area contributed by atoms with E-state index in [1.165, 1.54) is 0 Å². The van der Waals surface area contributed by atoms with Crippen molar-refractivity contribution in [3.05, 3.63) is 12.3 Å². The van der Waals surface area contributed by atoms with Gasteiger partial charge in [-0.3, -0.25) is 5.73 Å². The third-order valence-electron chi connectivity index (χ3n) is 1.07. The average molecular weight is 125 g/mol. The lowest BCUT2D eigenvalue weighted by molar-refractivity contribution is -0.716. The number of hydrogen-bond acceptors (Lipinski definition) is 3. The topological polar surface area (TPSA) is 68.8 Å². The number of hydrogen-bond donors (Lipinski definition) is 2. The van der Waals surface area contributed by atoms with Crippen molar-refractivity contribution in [2.75, 3.05) is 11.5 Å². The molecule has 0 atom stereocenters. The van der Waals surface area contributed by atoms with Crippen molar-refractivity contribution < 1.29 is 4.68 Å². The van der Waals surface area contributed by atoms with Gasteiger partial charge in [0.1, 0.15) is 7.05 Å². The van der Waals surface area contributed by atoms with Crippen molar-refractivity contribution in [2.24, 2.45) is 7.05 Å². The quantitative estimate of drug-likeness (QED) is 0.440. The molecule has 1 aromatic heterocycles. The first-order chi connectivity index (χ1) is 4.20. The molecule has 0 radical (unpaired) electrons. The maximum Gasteiger partial charge on any atom is 0.294 e. The fourth-order valence-corrected chi connectivity index (χ4v) is 0.521. The first-order valence-corrected chi connectivity index (χ1v) is 2.57. The fourth-order valence-electron chi connectivity index (χ4n) is 0.521. The lowest BCUT2D eigenvalue weighted by Crippen LogP contribution is -2.36. The average Bonchev–Trinajstić information content (AvgIpc) is 1.80. The number of nitrogen functional groups attached to an aromatic ring is 2. The molecule has 0 aliphatic heterocycles. The van der Waals surface area contributed by atoms with Gasteiger partial charge in [0.25, 0.3) is 5.82 Å². The Hall–Kier alpha value is -1.32. The summed E-state index contributed by atoms with van der Waals surface area (Å²) in [6.07, 6.45) is 1.55. The van der Waals surface area contributed by atoms with Crippen molar-refractivity contribution in [1.82, 2.24) is 5.10 Å². The van der Waals surface area contributed by atoms with Crippen LogP contribution in [0.4, 0.5) is 11.5 Å². The van der Waals surface area contributed by atoms with Crippen LogP contribution in [0.5, 0.6) is 0 Å². The number of anilines is 2. The highest BCUT2D eigenvalue weighted by Crippen LogP contribution is 1.97. The maximum atomic E-state index is 5.44. The lowest BCUT2D eigenvalue weighted by Gasteiger charge is -1.92. The molecule has 0 unspecified atom stereocenters. The Morgan fingerprint density at radius 2 is 2.22 bits per heavy atom. The van der Waals surface area contributed by atoms with Gasteiger partial charge >= 0.3 is 0 Å². The van der Waals surface area contributed by atoms with Crippen molar-refractivity contribution >= 4 is 11.5 Å². The Kier molecular flexibility index (Phi) is 1.22. The van der Waals surface area contributed by atoms with Crippen LogP contribution >= 0.6 is 0 Å². The van der Waals surface area contributed by atoms with Gasteiger partial charge in [0, 0.05) is 0 Å². The monoisotopic (exact) mass is 125 g/mol. The predicted octanol–water partition coefficient (Wildman–Crippen LogP) is -0.929. The van der Waals surface area contributed by atoms with Crippen LogP contribution in [0.3, 0.4) is 0 Å². The Bertz CT molecular complexity index is 220. The lowest BCUT2D eigenvalue weighted by atomic mass is 10.5. The normalized spacial score (nSPS) is 9.44. The van der Waals surface area contributed by atoms with E-state index < -0.39 is 0 Å². The molecule has 4 heteroatoms. The van der Waals surface area contributed by atoms with Crippen molar-refractivity contribution in [1.29, 1.82) is 0 Å². The highest BCUT2D eigenvalue weighted by molar-refractivity contribution is 5.40. The second-order valence-corrected chi connectivity index (χ2v) is 1.84. The number of nitrogens with two attached hydrogens (primary N) is 2. The van der Waals surface area contributed by atoms with Gasteiger partial charge in [-0.1, -0.05) is 5.10 Å². The first kappa shape index (κ1) is 5.81. The number of aryl methyl sites for hydroxylation is 1. The van der Waals surface area contributed by atoms with Gasteiger partial charge in [0.05, 0.1) is 18.0 Å². The summed E-state index contributed by atoms with van der Waals surface area (Å²) in [4.78, 5) is 0. The van der Waals surface area contributed by atoms with Gasteiger partial charge in [-0.25, -0.2) is 0 Å². The molecule has 4 N–H and O–H groups in total. The third-order valence-corrected chi connectivity index (χ3v) is 1.07. The highest BCUT2D eigenvalue weighted by Gasteiger charge is 1.97. The van der Waals surface area contributed by atoms with E-state index >= 15 is 0 Å². The van der Waals surface area contributed by atoms with Crippen molar-refractivity contribution in [3.8, 4) is 0 Å². The summed E-state index contributed by atoms with van der Waals surface area (Å²) in [6, 6.07) is 1.66. The second kappa shape index (κ2) is 1.89. The minimum absolute atomic E-state index is 0.565. The summed E-state index contributed by atoms with van der Waals surface area (Å²) < 4.78 is 1.55. The smallest absolute Gasteiger partial charge is 0.294 e. The summed E-state index contributed by atoms with van der Waals surface area (Å²) >= 11 is 0. The van der Waals surface area contributed by atoms with Crippen LogP contribution in [0.25, 0.3) is 0 Å². The summed E-state index contributed by atoms with van der Waals surface area (Å²) in [6.45, 7) is 0. The van der Waals surface area contributed by atoms with E-state index in [9.17, 15) is 0 Å². The van der Waals surface area contributed by atoms with Gasteiger partial charge in [-0.05, 0) is 0 Å². The second-order valence-electron chi connectivity index (χ2n) is 1.84. The standard InChI is InChI=1S/C5H8N4/c1-9-5(7)2-4(6)3-8-9/h2-3H,1H3,(H3,6,7)/p+1. The molecule has 0 bridgehead atoms. The van der Waals surface area contributed by atoms with E-state index in [4.69, 9.17) is 11.5 Å². The van der Waals surface area contributed by atoms with E-state index in [0.717, 1.165) is 0 Å². The van der Waals surface area contributed by atoms with E-state index in [1.54, 1.807) is 24.0 Å². The molecule has 0 amide bonds. The van der Waals surface area contributed by atoms with Crippen LogP contribution in [-0.2, 0) is 7.05 Å². The van der Waals surface area contributed by atoms with Crippen LogP contribution in [0.15, 0.2) is 12.3 Å². The number of nitrogens with zero attached hydrogens (tertiary/aromatic N) is 2. The van der Waals surface area contributed by atoms with Gasteiger partial charge in [0.15, 0.2) is 0 Å². The molecule has 0 saturated carbocycles. The molecule has 0 spiro atoms. The number of rotatable bonds is 0. The van der Waals surface area contributed by atoms with Crippen LogP contribution in [0, 0.1) is 0 Å². The SMILES string of the molecule is C[n+]1ncc(N)cc1N. The summed E-state index contributed by atoms with van der Waals surface area (Å²) in [7, 11) is 1.76. The Morgan fingerprint density at radius 1 is 1.56 bits per heavy atom. The summed E-state index contributed by atoms with van der Waals surface area (Å²) in [5, 5.41) is 3.84. The zero-order valence-corrected chi connectivity index (χ0v) is 5.20. The molecular formula is C5H9N4+. The number of aromatic nitrogens is 2.